The molecule has 5 heteroatoms. The lowest BCUT2D eigenvalue weighted by atomic mass is 9.53. The zero-order valence-electron chi connectivity index (χ0n) is 16.0. The van der Waals surface area contributed by atoms with Crippen molar-refractivity contribution in [2.24, 2.45) is 17.8 Å². The Labute approximate surface area is 171 Å². The number of amides is 1. The Morgan fingerprint density at radius 1 is 1.00 bits per heavy atom. The van der Waals surface area contributed by atoms with E-state index in [1.807, 2.05) is 24.3 Å². The van der Waals surface area contributed by atoms with Crippen LogP contribution in [0.25, 0.3) is 0 Å². The highest BCUT2D eigenvalue weighted by Crippen LogP contribution is 2.56. The number of halogens is 1. The van der Waals surface area contributed by atoms with Crippen molar-refractivity contribution < 1.29 is 4.79 Å². The van der Waals surface area contributed by atoms with Crippen LogP contribution in [-0.4, -0.2) is 16.4 Å². The van der Waals surface area contributed by atoms with Crippen LogP contribution in [0.4, 0.5) is 11.5 Å². The molecule has 4 aliphatic carbocycles. The van der Waals surface area contributed by atoms with Crippen molar-refractivity contribution >= 4 is 29.0 Å². The van der Waals surface area contributed by atoms with E-state index in [4.69, 9.17) is 11.6 Å². The molecule has 4 saturated carbocycles. The predicted octanol–water partition coefficient (Wildman–Crippen LogP) is 5.30. The van der Waals surface area contributed by atoms with Gasteiger partial charge in [0.1, 0.15) is 5.82 Å². The Morgan fingerprint density at radius 2 is 1.64 bits per heavy atom. The SMILES string of the molecule is O=C(Cc1ccc(Cl)cc1)Nc1ccc(NC23CC4CC(CC(C4)C2)C3)nc1. The number of carbonyl (C=O) groups is 1. The van der Waals surface area contributed by atoms with Gasteiger partial charge < -0.3 is 10.6 Å². The average molecular weight is 396 g/mol. The molecule has 1 aromatic heterocycles. The van der Waals surface area contributed by atoms with Gasteiger partial charge in [0.2, 0.25) is 5.91 Å². The lowest BCUT2D eigenvalue weighted by Gasteiger charge is -2.57. The smallest absolute Gasteiger partial charge is 0.228 e. The second-order valence-corrected chi connectivity index (χ2v) is 9.54. The molecule has 4 fully saturated rings. The molecule has 28 heavy (non-hydrogen) atoms. The standard InChI is InChI=1S/C23H26ClN3O/c24-19-3-1-15(2-4-19)10-22(28)26-20-5-6-21(25-14-20)27-23-11-16-7-17(12-23)9-18(8-16)13-23/h1-6,14,16-18H,7-13H2,(H,25,27)(H,26,28). The first-order valence-corrected chi connectivity index (χ1v) is 10.7. The topological polar surface area (TPSA) is 54.0 Å². The van der Waals surface area contributed by atoms with Gasteiger partial charge in [0.05, 0.1) is 18.3 Å². The fraction of sp³-hybridized carbons (Fsp3) is 0.478. The molecule has 0 radical (unpaired) electrons. The highest BCUT2D eigenvalue weighted by atomic mass is 35.5. The van der Waals surface area contributed by atoms with Gasteiger partial charge in [-0.2, -0.15) is 0 Å². The Morgan fingerprint density at radius 3 is 2.21 bits per heavy atom. The van der Waals surface area contributed by atoms with Crippen LogP contribution in [0.2, 0.25) is 5.02 Å². The number of nitrogens with one attached hydrogen (secondary N) is 2. The van der Waals surface area contributed by atoms with Gasteiger partial charge in [-0.3, -0.25) is 4.79 Å². The van der Waals surface area contributed by atoms with Crippen molar-refractivity contribution in [1.29, 1.82) is 0 Å². The molecular weight excluding hydrogens is 370 g/mol. The molecule has 0 saturated heterocycles. The van der Waals surface area contributed by atoms with E-state index in [1.165, 1.54) is 38.5 Å². The van der Waals surface area contributed by atoms with Crippen molar-refractivity contribution in [2.45, 2.75) is 50.5 Å². The zero-order valence-corrected chi connectivity index (χ0v) is 16.7. The summed E-state index contributed by atoms with van der Waals surface area (Å²) < 4.78 is 0. The summed E-state index contributed by atoms with van der Waals surface area (Å²) >= 11 is 5.89. The summed E-state index contributed by atoms with van der Waals surface area (Å²) in [5.41, 5.74) is 1.92. The van der Waals surface area contributed by atoms with Crippen LogP contribution in [0.3, 0.4) is 0 Å². The summed E-state index contributed by atoms with van der Waals surface area (Å²) in [6.07, 6.45) is 10.3. The molecule has 1 amide bonds. The Hall–Kier alpha value is -2.07. The number of anilines is 2. The minimum atomic E-state index is -0.0501. The third-order valence-corrected chi connectivity index (χ3v) is 7.01. The van der Waals surface area contributed by atoms with E-state index in [0.717, 1.165) is 34.8 Å². The van der Waals surface area contributed by atoms with Crippen molar-refractivity contribution in [1.82, 2.24) is 4.98 Å². The second kappa shape index (κ2) is 7.07. The highest BCUT2D eigenvalue weighted by molar-refractivity contribution is 6.30. The van der Waals surface area contributed by atoms with Crippen molar-refractivity contribution in [3.8, 4) is 0 Å². The molecule has 2 N–H and O–H groups in total. The van der Waals surface area contributed by atoms with Crippen LogP contribution in [0.15, 0.2) is 42.6 Å². The molecule has 0 unspecified atom stereocenters. The van der Waals surface area contributed by atoms with E-state index in [-0.39, 0.29) is 11.4 Å². The third-order valence-electron chi connectivity index (χ3n) is 6.76. The largest absolute Gasteiger partial charge is 0.365 e. The molecule has 2 aromatic rings. The summed E-state index contributed by atoms with van der Waals surface area (Å²) in [6.45, 7) is 0. The quantitative estimate of drug-likeness (QED) is 0.722. The summed E-state index contributed by atoms with van der Waals surface area (Å²) in [5.74, 6) is 3.60. The lowest BCUT2D eigenvalue weighted by molar-refractivity contribution is -0.115. The molecule has 4 bridgehead atoms. The molecule has 1 aromatic carbocycles. The monoisotopic (exact) mass is 395 g/mol. The van der Waals surface area contributed by atoms with Crippen LogP contribution in [0.1, 0.15) is 44.1 Å². The Kier molecular flexibility index (Phi) is 4.54. The first-order chi connectivity index (χ1) is 13.6. The number of nitrogens with zero attached hydrogens (tertiary/aromatic N) is 1. The van der Waals surface area contributed by atoms with E-state index in [2.05, 4.69) is 15.6 Å². The van der Waals surface area contributed by atoms with E-state index in [0.29, 0.717) is 11.4 Å². The highest BCUT2D eigenvalue weighted by Gasteiger charge is 2.51. The van der Waals surface area contributed by atoms with E-state index in [1.54, 1.807) is 18.3 Å². The van der Waals surface area contributed by atoms with Crippen molar-refractivity contribution in [2.75, 3.05) is 10.6 Å². The molecule has 4 aliphatic rings. The number of rotatable bonds is 5. The fourth-order valence-corrected chi connectivity index (χ4v) is 6.20. The van der Waals surface area contributed by atoms with Crippen LogP contribution in [-0.2, 0) is 11.2 Å². The molecule has 0 aliphatic heterocycles. The second-order valence-electron chi connectivity index (χ2n) is 9.11. The van der Waals surface area contributed by atoms with E-state index in [9.17, 15) is 4.79 Å². The maximum Gasteiger partial charge on any atom is 0.228 e. The summed E-state index contributed by atoms with van der Waals surface area (Å²) in [6, 6.07) is 11.3. The fourth-order valence-electron chi connectivity index (χ4n) is 6.07. The Bertz CT molecular complexity index is 827. The molecule has 146 valence electrons. The van der Waals surface area contributed by atoms with E-state index >= 15 is 0 Å². The van der Waals surface area contributed by atoms with Crippen LogP contribution < -0.4 is 10.6 Å². The number of benzene rings is 1. The number of hydrogen-bond donors (Lipinski definition) is 2. The first-order valence-electron chi connectivity index (χ1n) is 10.3. The maximum atomic E-state index is 12.3. The molecule has 0 spiro atoms. The number of pyridine rings is 1. The summed E-state index contributed by atoms with van der Waals surface area (Å²) in [7, 11) is 0. The van der Waals surface area contributed by atoms with Gasteiger partial charge >= 0.3 is 0 Å². The van der Waals surface area contributed by atoms with Gasteiger partial charge in [-0.05, 0) is 86.1 Å². The molecule has 0 atom stereocenters. The van der Waals surface area contributed by atoms with Crippen LogP contribution >= 0.6 is 11.6 Å². The van der Waals surface area contributed by atoms with Gasteiger partial charge in [-0.1, -0.05) is 23.7 Å². The number of aromatic nitrogens is 1. The van der Waals surface area contributed by atoms with Crippen LogP contribution in [0.5, 0.6) is 0 Å². The maximum absolute atomic E-state index is 12.3. The molecule has 4 nitrogen and oxygen atoms in total. The average Bonchev–Trinajstić information content (AvgIpc) is 2.64. The lowest BCUT2D eigenvalue weighted by Crippen LogP contribution is -2.54. The summed E-state index contributed by atoms with van der Waals surface area (Å²) in [5, 5.41) is 7.38. The van der Waals surface area contributed by atoms with Gasteiger partial charge in [0, 0.05) is 10.6 Å². The van der Waals surface area contributed by atoms with Crippen molar-refractivity contribution in [3.63, 3.8) is 0 Å². The first kappa shape index (κ1) is 18.0. The minimum absolute atomic E-state index is 0.0501. The number of hydrogen-bond acceptors (Lipinski definition) is 3. The van der Waals surface area contributed by atoms with Gasteiger partial charge in [0.15, 0.2) is 0 Å². The van der Waals surface area contributed by atoms with Crippen LogP contribution in [0, 0.1) is 17.8 Å². The van der Waals surface area contributed by atoms with Gasteiger partial charge in [-0.25, -0.2) is 4.98 Å². The zero-order chi connectivity index (χ0) is 19.1. The third kappa shape index (κ3) is 3.75. The molecule has 1 heterocycles. The minimum Gasteiger partial charge on any atom is -0.365 e. The normalized spacial score (nSPS) is 30.2. The summed E-state index contributed by atoms with van der Waals surface area (Å²) in [4.78, 5) is 16.8. The Balaban J connectivity index is 1.20. The van der Waals surface area contributed by atoms with Gasteiger partial charge in [-0.15, -0.1) is 0 Å². The number of carbonyl (C=O) groups excluding carboxylic acids is 1. The van der Waals surface area contributed by atoms with Crippen molar-refractivity contribution in [3.05, 3.63) is 53.2 Å². The molecular formula is C23H26ClN3O. The molecule has 6 rings (SSSR count). The predicted molar refractivity (Wildman–Crippen MR) is 113 cm³/mol. The van der Waals surface area contributed by atoms with Gasteiger partial charge in [0.25, 0.3) is 0 Å². The van der Waals surface area contributed by atoms with E-state index < -0.39 is 0 Å².